The summed E-state index contributed by atoms with van der Waals surface area (Å²) >= 11 is 0. The number of unbranched alkanes of at least 4 members (excludes halogenated alkanes) is 2. The maximum absolute atomic E-state index is 12.7. The first-order valence-corrected chi connectivity index (χ1v) is 6.20. The molecule has 1 aromatic rings. The van der Waals surface area contributed by atoms with Crippen molar-refractivity contribution < 1.29 is 4.39 Å². The van der Waals surface area contributed by atoms with Crippen LogP contribution in [0.3, 0.4) is 0 Å². The Morgan fingerprint density at radius 2 is 1.88 bits per heavy atom. The Kier molecular flexibility index (Phi) is 6.09. The summed E-state index contributed by atoms with van der Waals surface area (Å²) in [5.74, 6) is -0.160. The molecule has 1 unspecified atom stereocenters. The average molecular weight is 223 g/mol. The van der Waals surface area contributed by atoms with E-state index in [4.69, 9.17) is 0 Å². The van der Waals surface area contributed by atoms with Crippen molar-refractivity contribution in [1.29, 1.82) is 0 Å². The quantitative estimate of drug-likeness (QED) is 0.697. The van der Waals surface area contributed by atoms with E-state index in [9.17, 15) is 4.39 Å². The van der Waals surface area contributed by atoms with Crippen molar-refractivity contribution in [1.82, 2.24) is 5.32 Å². The van der Waals surface area contributed by atoms with Gasteiger partial charge in [0, 0.05) is 6.04 Å². The zero-order valence-electron chi connectivity index (χ0n) is 10.3. The molecular weight excluding hydrogens is 201 g/mol. The highest BCUT2D eigenvalue weighted by Gasteiger charge is 2.02. The standard InChI is InChI=1S/C14H22FN/c1-3-4-5-10-16-12(2)11-13-6-8-14(15)9-7-13/h6-9,12,16H,3-5,10-11H2,1-2H3. The van der Waals surface area contributed by atoms with Gasteiger partial charge in [0.2, 0.25) is 0 Å². The number of halogens is 1. The van der Waals surface area contributed by atoms with Crippen LogP contribution in [-0.2, 0) is 6.42 Å². The zero-order chi connectivity index (χ0) is 11.8. The molecule has 0 aliphatic carbocycles. The predicted molar refractivity (Wildman–Crippen MR) is 67.1 cm³/mol. The fourth-order valence-electron chi connectivity index (χ4n) is 1.77. The van der Waals surface area contributed by atoms with E-state index in [0.717, 1.165) is 13.0 Å². The summed E-state index contributed by atoms with van der Waals surface area (Å²) in [6, 6.07) is 7.24. The van der Waals surface area contributed by atoms with Crippen molar-refractivity contribution in [3.63, 3.8) is 0 Å². The molecule has 90 valence electrons. The first-order valence-electron chi connectivity index (χ1n) is 6.20. The van der Waals surface area contributed by atoms with Gasteiger partial charge in [-0.1, -0.05) is 31.9 Å². The van der Waals surface area contributed by atoms with Crippen LogP contribution in [0.4, 0.5) is 4.39 Å². The van der Waals surface area contributed by atoms with Crippen molar-refractivity contribution >= 4 is 0 Å². The van der Waals surface area contributed by atoms with Gasteiger partial charge >= 0.3 is 0 Å². The summed E-state index contributed by atoms with van der Waals surface area (Å²) in [5, 5.41) is 3.49. The van der Waals surface area contributed by atoms with Crippen molar-refractivity contribution in [2.75, 3.05) is 6.54 Å². The molecule has 0 spiro atoms. The van der Waals surface area contributed by atoms with E-state index in [1.54, 1.807) is 0 Å². The molecule has 1 N–H and O–H groups in total. The van der Waals surface area contributed by atoms with E-state index in [1.165, 1.54) is 37.0 Å². The van der Waals surface area contributed by atoms with Gasteiger partial charge in [0.15, 0.2) is 0 Å². The van der Waals surface area contributed by atoms with Crippen molar-refractivity contribution in [2.45, 2.75) is 45.6 Å². The predicted octanol–water partition coefficient (Wildman–Crippen LogP) is 3.54. The van der Waals surface area contributed by atoms with E-state index in [-0.39, 0.29) is 5.82 Å². The molecule has 1 nitrogen and oxygen atoms in total. The van der Waals surface area contributed by atoms with Gasteiger partial charge in [0.1, 0.15) is 5.82 Å². The second-order valence-electron chi connectivity index (χ2n) is 4.39. The molecule has 0 fully saturated rings. The van der Waals surface area contributed by atoms with Gasteiger partial charge in [-0.05, 0) is 44.0 Å². The van der Waals surface area contributed by atoms with Crippen molar-refractivity contribution in [3.05, 3.63) is 35.6 Å². The Balaban J connectivity index is 2.23. The Morgan fingerprint density at radius 3 is 2.50 bits per heavy atom. The molecule has 1 atom stereocenters. The molecule has 1 rings (SSSR count). The van der Waals surface area contributed by atoms with E-state index in [0.29, 0.717) is 6.04 Å². The minimum absolute atomic E-state index is 0.160. The Morgan fingerprint density at radius 1 is 1.19 bits per heavy atom. The van der Waals surface area contributed by atoms with Gasteiger partial charge in [0.05, 0.1) is 0 Å². The van der Waals surface area contributed by atoms with Crippen LogP contribution in [0.2, 0.25) is 0 Å². The number of nitrogens with one attached hydrogen (secondary N) is 1. The van der Waals surface area contributed by atoms with Crippen LogP contribution in [0.15, 0.2) is 24.3 Å². The van der Waals surface area contributed by atoms with Crippen LogP contribution in [-0.4, -0.2) is 12.6 Å². The van der Waals surface area contributed by atoms with Gasteiger partial charge < -0.3 is 5.32 Å². The number of hydrogen-bond acceptors (Lipinski definition) is 1. The summed E-state index contributed by atoms with van der Waals surface area (Å²) in [6.45, 7) is 5.47. The van der Waals surface area contributed by atoms with Gasteiger partial charge in [-0.25, -0.2) is 4.39 Å². The molecule has 16 heavy (non-hydrogen) atoms. The maximum atomic E-state index is 12.7. The van der Waals surface area contributed by atoms with Gasteiger partial charge in [-0.15, -0.1) is 0 Å². The van der Waals surface area contributed by atoms with Gasteiger partial charge in [0.25, 0.3) is 0 Å². The third-order valence-corrected chi connectivity index (χ3v) is 2.73. The highest BCUT2D eigenvalue weighted by atomic mass is 19.1. The molecule has 0 saturated heterocycles. The Hall–Kier alpha value is -0.890. The normalized spacial score (nSPS) is 12.7. The molecule has 0 aliphatic heterocycles. The fourth-order valence-corrected chi connectivity index (χ4v) is 1.77. The third kappa shape index (κ3) is 5.26. The van der Waals surface area contributed by atoms with E-state index < -0.39 is 0 Å². The van der Waals surface area contributed by atoms with E-state index in [1.807, 2.05) is 12.1 Å². The van der Waals surface area contributed by atoms with Crippen molar-refractivity contribution in [2.24, 2.45) is 0 Å². The summed E-state index contributed by atoms with van der Waals surface area (Å²) < 4.78 is 12.7. The smallest absolute Gasteiger partial charge is 0.123 e. The van der Waals surface area contributed by atoms with Crippen LogP contribution >= 0.6 is 0 Å². The summed E-state index contributed by atoms with van der Waals surface area (Å²) in [6.07, 6.45) is 4.75. The number of rotatable bonds is 7. The first kappa shape index (κ1) is 13.2. The lowest BCUT2D eigenvalue weighted by atomic mass is 10.1. The van der Waals surface area contributed by atoms with Gasteiger partial charge in [-0.2, -0.15) is 0 Å². The lowest BCUT2D eigenvalue weighted by molar-refractivity contribution is 0.522. The molecular formula is C14H22FN. The van der Waals surface area contributed by atoms with E-state index in [2.05, 4.69) is 19.2 Å². The second-order valence-corrected chi connectivity index (χ2v) is 4.39. The second kappa shape index (κ2) is 7.39. The van der Waals surface area contributed by atoms with Crippen LogP contribution < -0.4 is 5.32 Å². The number of hydrogen-bond donors (Lipinski definition) is 1. The molecule has 0 bridgehead atoms. The highest BCUT2D eigenvalue weighted by Crippen LogP contribution is 2.05. The monoisotopic (exact) mass is 223 g/mol. The van der Waals surface area contributed by atoms with E-state index >= 15 is 0 Å². The Bertz CT molecular complexity index is 281. The molecule has 0 aliphatic rings. The topological polar surface area (TPSA) is 12.0 Å². The largest absolute Gasteiger partial charge is 0.314 e. The SMILES string of the molecule is CCCCCNC(C)Cc1ccc(F)cc1. The summed E-state index contributed by atoms with van der Waals surface area (Å²) in [4.78, 5) is 0. The lowest BCUT2D eigenvalue weighted by Crippen LogP contribution is -2.28. The third-order valence-electron chi connectivity index (χ3n) is 2.73. The molecule has 0 saturated carbocycles. The molecule has 0 heterocycles. The van der Waals surface area contributed by atoms with Crippen LogP contribution in [0.1, 0.15) is 38.7 Å². The lowest BCUT2D eigenvalue weighted by Gasteiger charge is -2.13. The van der Waals surface area contributed by atoms with Gasteiger partial charge in [-0.3, -0.25) is 0 Å². The zero-order valence-corrected chi connectivity index (χ0v) is 10.3. The van der Waals surface area contributed by atoms with Crippen LogP contribution in [0.5, 0.6) is 0 Å². The van der Waals surface area contributed by atoms with Crippen LogP contribution in [0, 0.1) is 5.82 Å². The number of benzene rings is 1. The fraction of sp³-hybridized carbons (Fsp3) is 0.571. The molecule has 0 aromatic heterocycles. The molecule has 0 radical (unpaired) electrons. The first-order chi connectivity index (χ1) is 7.72. The maximum Gasteiger partial charge on any atom is 0.123 e. The van der Waals surface area contributed by atoms with Crippen molar-refractivity contribution in [3.8, 4) is 0 Å². The minimum Gasteiger partial charge on any atom is -0.314 e. The van der Waals surface area contributed by atoms with Crippen LogP contribution in [0.25, 0.3) is 0 Å². The summed E-state index contributed by atoms with van der Waals surface area (Å²) in [7, 11) is 0. The molecule has 0 amide bonds. The molecule has 1 aromatic carbocycles. The highest BCUT2D eigenvalue weighted by molar-refractivity contribution is 5.16. The average Bonchev–Trinajstić information content (AvgIpc) is 2.28. The summed E-state index contributed by atoms with van der Waals surface area (Å²) in [5.41, 5.74) is 1.19. The molecule has 2 heteroatoms. The minimum atomic E-state index is -0.160. The Labute approximate surface area is 98.1 Å².